The lowest BCUT2D eigenvalue weighted by molar-refractivity contribution is 0.596. The second-order valence-electron chi connectivity index (χ2n) is 5.33. The Hall–Kier alpha value is -1.74. The average molecular weight is 222 g/mol. The lowest BCUT2D eigenvalue weighted by atomic mass is 9.83. The maximum absolute atomic E-state index is 3.18. The minimum atomic E-state index is 0.164. The van der Waals surface area contributed by atoms with Gasteiger partial charge in [0, 0.05) is 5.56 Å². The van der Waals surface area contributed by atoms with Gasteiger partial charge in [-0.2, -0.15) is 0 Å². The lowest BCUT2D eigenvalue weighted by Gasteiger charge is -2.21. The largest absolute Gasteiger partial charge is 0.101 e. The monoisotopic (exact) mass is 222 g/mol. The van der Waals surface area contributed by atoms with Crippen LogP contribution in [0, 0.1) is 11.8 Å². The van der Waals surface area contributed by atoms with Crippen molar-refractivity contribution in [1.29, 1.82) is 0 Å². The van der Waals surface area contributed by atoms with Crippen molar-refractivity contribution in [3.63, 3.8) is 0 Å². The van der Waals surface area contributed by atoms with Crippen molar-refractivity contribution in [2.75, 3.05) is 0 Å². The Kier molecular flexibility index (Phi) is 2.94. The Morgan fingerprint density at radius 3 is 2.12 bits per heavy atom. The van der Waals surface area contributed by atoms with Gasteiger partial charge in [-0.1, -0.05) is 57.0 Å². The number of rotatable bonds is 0. The van der Waals surface area contributed by atoms with Gasteiger partial charge in [0.2, 0.25) is 0 Å². The van der Waals surface area contributed by atoms with Gasteiger partial charge in [0.05, 0.1) is 0 Å². The van der Waals surface area contributed by atoms with Crippen LogP contribution in [-0.2, 0) is 5.41 Å². The summed E-state index contributed by atoms with van der Waals surface area (Å²) in [7, 11) is 0. The molecule has 0 heteroatoms. The minimum Gasteiger partial charge on any atom is -0.101 e. The van der Waals surface area contributed by atoms with Crippen LogP contribution in [0.3, 0.4) is 0 Å². The third-order valence-electron chi connectivity index (χ3n) is 2.99. The van der Waals surface area contributed by atoms with Gasteiger partial charge in [-0.3, -0.25) is 0 Å². The molecular formula is C17H18. The van der Waals surface area contributed by atoms with E-state index in [1.165, 1.54) is 16.3 Å². The summed E-state index contributed by atoms with van der Waals surface area (Å²) in [6, 6.07) is 12.9. The molecular weight excluding hydrogens is 204 g/mol. The van der Waals surface area contributed by atoms with E-state index in [9.17, 15) is 0 Å². The third kappa shape index (κ3) is 2.19. The predicted molar refractivity (Wildman–Crippen MR) is 75.2 cm³/mol. The molecule has 2 aromatic rings. The topological polar surface area (TPSA) is 0 Å². The molecule has 0 saturated heterocycles. The van der Waals surface area contributed by atoms with Crippen LogP contribution in [0.1, 0.15) is 38.8 Å². The van der Waals surface area contributed by atoms with Crippen molar-refractivity contribution in [3.05, 3.63) is 47.5 Å². The van der Waals surface area contributed by atoms with Crippen LogP contribution in [0.15, 0.2) is 36.4 Å². The summed E-state index contributed by atoms with van der Waals surface area (Å²) in [5, 5.41) is 2.58. The highest BCUT2D eigenvalue weighted by molar-refractivity contribution is 5.91. The van der Waals surface area contributed by atoms with Crippen LogP contribution in [-0.4, -0.2) is 0 Å². The van der Waals surface area contributed by atoms with Crippen molar-refractivity contribution in [3.8, 4) is 11.8 Å². The first kappa shape index (κ1) is 11.7. The number of benzene rings is 2. The van der Waals surface area contributed by atoms with Gasteiger partial charge in [-0.05, 0) is 34.7 Å². The first-order valence-electron chi connectivity index (χ1n) is 5.99. The zero-order valence-corrected chi connectivity index (χ0v) is 11.0. The maximum atomic E-state index is 3.18. The molecule has 17 heavy (non-hydrogen) atoms. The number of hydrogen-bond acceptors (Lipinski definition) is 0. The van der Waals surface area contributed by atoms with E-state index in [1.807, 2.05) is 6.92 Å². The number of hydrogen-bond donors (Lipinski definition) is 0. The molecule has 0 aromatic heterocycles. The molecule has 0 aliphatic rings. The van der Waals surface area contributed by atoms with E-state index >= 15 is 0 Å². The Morgan fingerprint density at radius 1 is 0.882 bits per heavy atom. The molecule has 2 aromatic carbocycles. The van der Waals surface area contributed by atoms with Crippen molar-refractivity contribution in [1.82, 2.24) is 0 Å². The van der Waals surface area contributed by atoms with Crippen LogP contribution in [0.5, 0.6) is 0 Å². The van der Waals surface area contributed by atoms with Crippen LogP contribution in [0.25, 0.3) is 10.8 Å². The van der Waals surface area contributed by atoms with Crippen LogP contribution in [0.4, 0.5) is 0 Å². The molecule has 2 rings (SSSR count). The molecule has 0 bridgehead atoms. The molecule has 0 spiro atoms. The maximum Gasteiger partial charge on any atom is 0.0323 e. The van der Waals surface area contributed by atoms with Gasteiger partial charge in [0.15, 0.2) is 0 Å². The van der Waals surface area contributed by atoms with E-state index in [2.05, 4.69) is 69.0 Å². The minimum absolute atomic E-state index is 0.164. The highest BCUT2D eigenvalue weighted by Gasteiger charge is 2.17. The Morgan fingerprint density at radius 2 is 1.53 bits per heavy atom. The van der Waals surface area contributed by atoms with Gasteiger partial charge in [-0.25, -0.2) is 0 Å². The summed E-state index contributed by atoms with van der Waals surface area (Å²) >= 11 is 0. The summed E-state index contributed by atoms with van der Waals surface area (Å²) in [5.41, 5.74) is 2.67. The average Bonchev–Trinajstić information content (AvgIpc) is 2.28. The van der Waals surface area contributed by atoms with Gasteiger partial charge < -0.3 is 0 Å². The fourth-order valence-electron chi connectivity index (χ4n) is 2.20. The molecule has 0 atom stereocenters. The summed E-state index contributed by atoms with van der Waals surface area (Å²) in [4.78, 5) is 0. The number of fused-ring (bicyclic) bond motifs is 1. The van der Waals surface area contributed by atoms with Gasteiger partial charge in [0.25, 0.3) is 0 Å². The van der Waals surface area contributed by atoms with Crippen molar-refractivity contribution < 1.29 is 0 Å². The molecule has 0 radical (unpaired) electrons. The first-order chi connectivity index (χ1) is 8.04. The fourth-order valence-corrected chi connectivity index (χ4v) is 2.20. The molecule has 86 valence electrons. The molecule has 0 unspecified atom stereocenters. The second kappa shape index (κ2) is 4.26. The van der Waals surface area contributed by atoms with E-state index in [0.29, 0.717) is 0 Å². The van der Waals surface area contributed by atoms with E-state index in [1.54, 1.807) is 0 Å². The lowest BCUT2D eigenvalue weighted by Crippen LogP contribution is -2.11. The Bertz CT molecular complexity index is 601. The van der Waals surface area contributed by atoms with Crippen molar-refractivity contribution in [2.24, 2.45) is 0 Å². The standard InChI is InChI=1S/C17H18/c1-5-8-13-11-12-16(17(2,3)4)15-10-7-6-9-14(13)15/h6-7,9-12H,1-4H3. The van der Waals surface area contributed by atoms with E-state index < -0.39 is 0 Å². The SMILES string of the molecule is CC#Cc1ccc(C(C)(C)C)c2ccccc12. The van der Waals surface area contributed by atoms with Gasteiger partial charge in [-0.15, -0.1) is 5.92 Å². The molecule has 0 N–H and O–H groups in total. The molecule has 0 aliphatic carbocycles. The quantitative estimate of drug-likeness (QED) is 0.575. The van der Waals surface area contributed by atoms with Crippen LogP contribution >= 0.6 is 0 Å². The molecule has 0 fully saturated rings. The van der Waals surface area contributed by atoms with Crippen molar-refractivity contribution in [2.45, 2.75) is 33.1 Å². The van der Waals surface area contributed by atoms with E-state index in [0.717, 1.165) is 5.56 Å². The zero-order valence-electron chi connectivity index (χ0n) is 11.0. The molecule has 0 nitrogen and oxygen atoms in total. The highest BCUT2D eigenvalue weighted by atomic mass is 14.2. The van der Waals surface area contributed by atoms with Crippen LogP contribution < -0.4 is 0 Å². The summed E-state index contributed by atoms with van der Waals surface area (Å²) < 4.78 is 0. The zero-order chi connectivity index (χ0) is 12.5. The fraction of sp³-hybridized carbons (Fsp3) is 0.294. The molecule has 0 amide bonds. The van der Waals surface area contributed by atoms with E-state index in [-0.39, 0.29) is 5.41 Å². The molecule has 0 saturated carbocycles. The summed E-state index contributed by atoms with van der Waals surface area (Å²) in [6.45, 7) is 8.63. The van der Waals surface area contributed by atoms with Crippen molar-refractivity contribution >= 4 is 10.8 Å². The smallest absolute Gasteiger partial charge is 0.0323 e. The Balaban J connectivity index is 2.83. The molecule has 0 aliphatic heterocycles. The third-order valence-corrected chi connectivity index (χ3v) is 2.99. The first-order valence-corrected chi connectivity index (χ1v) is 5.99. The Labute approximate surface area is 104 Å². The highest BCUT2D eigenvalue weighted by Crippen LogP contribution is 2.31. The van der Waals surface area contributed by atoms with E-state index in [4.69, 9.17) is 0 Å². The predicted octanol–water partition coefficient (Wildman–Crippen LogP) is 4.51. The normalized spacial score (nSPS) is 11.1. The molecule has 0 heterocycles. The van der Waals surface area contributed by atoms with Gasteiger partial charge in [0.1, 0.15) is 0 Å². The van der Waals surface area contributed by atoms with Crippen LogP contribution in [0.2, 0.25) is 0 Å². The second-order valence-corrected chi connectivity index (χ2v) is 5.33. The summed E-state index contributed by atoms with van der Waals surface area (Å²) in [6.07, 6.45) is 0. The summed E-state index contributed by atoms with van der Waals surface area (Å²) in [5.74, 6) is 6.16. The van der Waals surface area contributed by atoms with Gasteiger partial charge >= 0.3 is 0 Å².